The van der Waals surface area contributed by atoms with Crippen LogP contribution in [0.1, 0.15) is 26.3 Å². The number of rotatable bonds is 5. The largest absolute Gasteiger partial charge is 0.366 e. The maximum atomic E-state index is 14.0. The van der Waals surface area contributed by atoms with Crippen LogP contribution in [0.25, 0.3) is 0 Å². The molecule has 1 rings (SSSR count). The van der Waals surface area contributed by atoms with Gasteiger partial charge in [0.1, 0.15) is 5.69 Å². The fraction of sp³-hybridized carbons (Fsp3) is 0.500. The highest BCUT2D eigenvalue weighted by atomic mass is 19.1. The van der Waals surface area contributed by atoms with Gasteiger partial charge < -0.3 is 10.6 Å². The minimum absolute atomic E-state index is 0.0205. The molecule has 3 nitrogen and oxygen atoms in total. The van der Waals surface area contributed by atoms with Gasteiger partial charge in [-0.05, 0) is 31.0 Å². The van der Waals surface area contributed by atoms with Gasteiger partial charge >= 0.3 is 0 Å². The van der Waals surface area contributed by atoms with Gasteiger partial charge in [-0.1, -0.05) is 13.8 Å². The molecule has 104 valence electrons. The van der Waals surface area contributed by atoms with Crippen molar-refractivity contribution in [2.24, 2.45) is 11.1 Å². The van der Waals surface area contributed by atoms with Crippen LogP contribution >= 0.6 is 0 Å². The topological polar surface area (TPSA) is 53.0 Å². The summed E-state index contributed by atoms with van der Waals surface area (Å²) in [5, 5.41) is 8.68. The van der Waals surface area contributed by atoms with Gasteiger partial charge in [0.05, 0.1) is 11.6 Å². The fourth-order valence-electron chi connectivity index (χ4n) is 1.86. The molecule has 0 heterocycles. The van der Waals surface area contributed by atoms with Gasteiger partial charge in [0, 0.05) is 13.1 Å². The van der Waals surface area contributed by atoms with Crippen molar-refractivity contribution in [1.29, 1.82) is 5.26 Å². The molecule has 5 heteroatoms. The molecular weight excluding hydrogens is 248 g/mol. The van der Waals surface area contributed by atoms with Crippen LogP contribution in [-0.4, -0.2) is 19.6 Å². The van der Waals surface area contributed by atoms with Gasteiger partial charge in [0.15, 0.2) is 11.6 Å². The first-order valence-corrected chi connectivity index (χ1v) is 6.18. The van der Waals surface area contributed by atoms with E-state index in [1.54, 1.807) is 11.0 Å². The van der Waals surface area contributed by atoms with E-state index in [1.165, 1.54) is 0 Å². The van der Waals surface area contributed by atoms with Gasteiger partial charge in [-0.15, -0.1) is 0 Å². The van der Waals surface area contributed by atoms with E-state index < -0.39 is 11.6 Å². The second-order valence-corrected chi connectivity index (χ2v) is 5.28. The third-order valence-corrected chi connectivity index (χ3v) is 3.02. The maximum absolute atomic E-state index is 14.0. The summed E-state index contributed by atoms with van der Waals surface area (Å²) in [5.74, 6) is -1.43. The van der Waals surface area contributed by atoms with E-state index in [0.717, 1.165) is 12.1 Å². The summed E-state index contributed by atoms with van der Waals surface area (Å²) in [6.45, 7) is 7.03. The van der Waals surface area contributed by atoms with E-state index in [9.17, 15) is 8.78 Å². The second-order valence-electron chi connectivity index (χ2n) is 5.28. The van der Waals surface area contributed by atoms with Gasteiger partial charge in [0.25, 0.3) is 0 Å². The molecular formula is C14H19F2N3. The Morgan fingerprint density at radius 2 is 1.84 bits per heavy atom. The molecule has 19 heavy (non-hydrogen) atoms. The lowest BCUT2D eigenvalue weighted by Crippen LogP contribution is -2.39. The molecule has 1 aromatic rings. The van der Waals surface area contributed by atoms with Crippen molar-refractivity contribution in [3.63, 3.8) is 0 Å². The smallest absolute Gasteiger partial charge is 0.150 e. The van der Waals surface area contributed by atoms with Crippen molar-refractivity contribution in [2.75, 3.05) is 24.5 Å². The highest BCUT2D eigenvalue weighted by molar-refractivity contribution is 5.52. The molecule has 0 spiro atoms. The highest BCUT2D eigenvalue weighted by Gasteiger charge is 2.24. The first-order chi connectivity index (χ1) is 8.84. The van der Waals surface area contributed by atoms with Gasteiger partial charge in [-0.2, -0.15) is 5.26 Å². The van der Waals surface area contributed by atoms with Crippen LogP contribution in [0, 0.1) is 28.4 Å². The molecule has 2 N–H and O–H groups in total. The van der Waals surface area contributed by atoms with E-state index in [2.05, 4.69) is 0 Å². The average molecular weight is 267 g/mol. The minimum Gasteiger partial charge on any atom is -0.366 e. The van der Waals surface area contributed by atoms with Gasteiger partial charge in [-0.3, -0.25) is 0 Å². The molecule has 0 bridgehead atoms. The number of anilines is 1. The Hall–Kier alpha value is -1.67. The average Bonchev–Trinajstić information content (AvgIpc) is 2.36. The number of hydrogen-bond acceptors (Lipinski definition) is 3. The zero-order valence-electron chi connectivity index (χ0n) is 11.5. The summed E-state index contributed by atoms with van der Waals surface area (Å²) in [5.41, 5.74) is 5.29. The normalized spacial score (nSPS) is 11.2. The minimum atomic E-state index is -0.716. The maximum Gasteiger partial charge on any atom is 0.150 e. The van der Waals surface area contributed by atoms with E-state index in [-0.39, 0.29) is 16.7 Å². The molecule has 0 saturated carbocycles. The predicted octanol–water partition coefficient (Wildman–Crippen LogP) is 2.65. The third-order valence-electron chi connectivity index (χ3n) is 3.02. The Labute approximate surface area is 112 Å². The van der Waals surface area contributed by atoms with E-state index in [4.69, 9.17) is 11.0 Å². The number of nitrogens with zero attached hydrogens (tertiary/aromatic N) is 2. The number of nitriles is 1. The second kappa shape index (κ2) is 5.98. The Bertz CT molecular complexity index is 469. The fourth-order valence-corrected chi connectivity index (χ4v) is 1.86. The lowest BCUT2D eigenvalue weighted by Gasteiger charge is -2.33. The zero-order valence-corrected chi connectivity index (χ0v) is 11.5. The van der Waals surface area contributed by atoms with Crippen molar-refractivity contribution in [1.82, 2.24) is 0 Å². The molecule has 0 atom stereocenters. The molecule has 0 aliphatic carbocycles. The Kier molecular flexibility index (Phi) is 4.84. The number of nitrogens with two attached hydrogens (primary N) is 1. The molecule has 0 amide bonds. The number of hydrogen-bond donors (Lipinski definition) is 1. The van der Waals surface area contributed by atoms with Crippen molar-refractivity contribution in [3.8, 4) is 6.07 Å². The van der Waals surface area contributed by atoms with Crippen molar-refractivity contribution >= 4 is 5.69 Å². The van der Waals surface area contributed by atoms with E-state index in [1.807, 2.05) is 20.8 Å². The summed E-state index contributed by atoms with van der Waals surface area (Å²) in [6.07, 6.45) is 0. The zero-order chi connectivity index (χ0) is 14.6. The molecule has 0 aromatic heterocycles. The molecule has 0 unspecified atom stereocenters. The Morgan fingerprint density at radius 1 is 1.32 bits per heavy atom. The van der Waals surface area contributed by atoms with Gasteiger partial charge in [-0.25, -0.2) is 8.78 Å². The molecule has 0 saturated heterocycles. The standard InChI is InChI=1S/C14H19F2N3/c1-4-19(9-14(2,3)8-18)13-11(15)5-10(7-17)6-12(13)16/h5-6H,4,8-9,18H2,1-3H3. The van der Waals surface area contributed by atoms with E-state index >= 15 is 0 Å². The van der Waals surface area contributed by atoms with E-state index in [0.29, 0.717) is 19.6 Å². The van der Waals surface area contributed by atoms with Crippen LogP contribution in [0.2, 0.25) is 0 Å². The van der Waals surface area contributed by atoms with Crippen LogP contribution in [0.3, 0.4) is 0 Å². The summed E-state index contributed by atoms with van der Waals surface area (Å²) < 4.78 is 27.9. The molecule has 0 aliphatic heterocycles. The molecule has 0 fully saturated rings. The van der Waals surface area contributed by atoms with Crippen LogP contribution in [0.5, 0.6) is 0 Å². The van der Waals surface area contributed by atoms with Crippen molar-refractivity contribution < 1.29 is 8.78 Å². The quantitative estimate of drug-likeness (QED) is 0.892. The summed E-state index contributed by atoms with van der Waals surface area (Å²) >= 11 is 0. The predicted molar refractivity (Wildman–Crippen MR) is 71.8 cm³/mol. The SMILES string of the molecule is CCN(CC(C)(C)CN)c1c(F)cc(C#N)cc1F. The van der Waals surface area contributed by atoms with Crippen LogP contribution in [-0.2, 0) is 0 Å². The van der Waals surface area contributed by atoms with Crippen molar-refractivity contribution in [2.45, 2.75) is 20.8 Å². The molecule has 0 radical (unpaired) electrons. The number of halogens is 2. The number of benzene rings is 1. The first-order valence-electron chi connectivity index (χ1n) is 6.18. The van der Waals surface area contributed by atoms with Crippen LogP contribution < -0.4 is 10.6 Å². The summed E-state index contributed by atoms with van der Waals surface area (Å²) in [4.78, 5) is 1.61. The summed E-state index contributed by atoms with van der Waals surface area (Å²) in [7, 11) is 0. The highest BCUT2D eigenvalue weighted by Crippen LogP contribution is 2.27. The van der Waals surface area contributed by atoms with Crippen LogP contribution in [0.4, 0.5) is 14.5 Å². The summed E-state index contributed by atoms with van der Waals surface area (Å²) in [6, 6.07) is 3.84. The third kappa shape index (κ3) is 3.65. The van der Waals surface area contributed by atoms with Crippen molar-refractivity contribution in [3.05, 3.63) is 29.3 Å². The Morgan fingerprint density at radius 3 is 2.21 bits per heavy atom. The van der Waals surface area contributed by atoms with Crippen LogP contribution in [0.15, 0.2) is 12.1 Å². The lowest BCUT2D eigenvalue weighted by molar-refractivity contribution is 0.376. The Balaban J connectivity index is 3.16. The monoisotopic (exact) mass is 267 g/mol. The molecule has 1 aromatic carbocycles. The van der Waals surface area contributed by atoms with Gasteiger partial charge in [0.2, 0.25) is 0 Å². The molecule has 0 aliphatic rings. The first kappa shape index (κ1) is 15.4. The lowest BCUT2D eigenvalue weighted by atomic mass is 9.92.